The number of aryl methyl sites for hydroxylation is 2. The summed E-state index contributed by atoms with van der Waals surface area (Å²) in [4.78, 5) is 12.1. The molecule has 0 aliphatic carbocycles. The second-order valence-corrected chi connectivity index (χ2v) is 8.21. The van der Waals surface area contributed by atoms with Crippen molar-refractivity contribution in [3.05, 3.63) is 70.8 Å². The molecule has 3 aromatic rings. The fourth-order valence-corrected chi connectivity index (χ4v) is 4.17. The van der Waals surface area contributed by atoms with Gasteiger partial charge in [0.15, 0.2) is 4.34 Å². The zero-order valence-electron chi connectivity index (χ0n) is 14.8. The molecule has 1 aromatic heterocycles. The van der Waals surface area contributed by atoms with Gasteiger partial charge >= 0.3 is 0 Å². The molecule has 27 heavy (non-hydrogen) atoms. The number of rotatable bonds is 7. The average Bonchev–Trinajstić information content (AvgIpc) is 3.12. The van der Waals surface area contributed by atoms with Gasteiger partial charge in [0.25, 0.3) is 0 Å². The summed E-state index contributed by atoms with van der Waals surface area (Å²) in [6.45, 7) is 2.04. The molecule has 0 saturated carbocycles. The van der Waals surface area contributed by atoms with Gasteiger partial charge in [-0.05, 0) is 36.6 Å². The molecule has 0 aliphatic rings. The van der Waals surface area contributed by atoms with E-state index in [2.05, 4.69) is 27.6 Å². The fraction of sp³-hybridized carbons (Fsp3) is 0.200. The number of nitriles is 1. The molecule has 0 atom stereocenters. The van der Waals surface area contributed by atoms with Crippen molar-refractivity contribution < 1.29 is 4.79 Å². The highest BCUT2D eigenvalue weighted by Gasteiger charge is 2.09. The molecule has 0 aliphatic heterocycles. The Morgan fingerprint density at radius 1 is 1.19 bits per heavy atom. The lowest BCUT2D eigenvalue weighted by Crippen LogP contribution is -2.12. The number of nitrogens with one attached hydrogen (secondary N) is 1. The van der Waals surface area contributed by atoms with Gasteiger partial charge in [0.2, 0.25) is 11.0 Å². The van der Waals surface area contributed by atoms with Crippen molar-refractivity contribution in [2.24, 2.45) is 0 Å². The first kappa shape index (κ1) is 19.1. The van der Waals surface area contributed by atoms with E-state index in [1.165, 1.54) is 16.9 Å². The molecule has 5 nitrogen and oxygen atoms in total. The van der Waals surface area contributed by atoms with E-state index in [9.17, 15) is 4.79 Å². The van der Waals surface area contributed by atoms with E-state index in [-0.39, 0.29) is 5.91 Å². The Hall–Kier alpha value is -2.69. The van der Waals surface area contributed by atoms with Crippen LogP contribution in [0.15, 0.2) is 52.9 Å². The lowest BCUT2D eigenvalue weighted by Gasteiger charge is -2.03. The Morgan fingerprint density at radius 3 is 2.74 bits per heavy atom. The number of aromatic nitrogens is 2. The van der Waals surface area contributed by atoms with Gasteiger partial charge in [0, 0.05) is 12.2 Å². The lowest BCUT2D eigenvalue weighted by molar-refractivity contribution is -0.116. The van der Waals surface area contributed by atoms with E-state index in [0.717, 1.165) is 21.2 Å². The van der Waals surface area contributed by atoms with E-state index in [0.29, 0.717) is 23.5 Å². The Bertz CT molecular complexity index is 961. The number of amides is 1. The van der Waals surface area contributed by atoms with Gasteiger partial charge in [-0.2, -0.15) is 5.26 Å². The van der Waals surface area contributed by atoms with E-state index in [1.54, 1.807) is 23.9 Å². The molecule has 0 unspecified atom stereocenters. The summed E-state index contributed by atoms with van der Waals surface area (Å²) in [5, 5.41) is 20.3. The van der Waals surface area contributed by atoms with Crippen LogP contribution in [-0.4, -0.2) is 16.1 Å². The molecule has 0 saturated heterocycles. The number of carbonyl (C=O) groups is 1. The van der Waals surface area contributed by atoms with Gasteiger partial charge in [-0.1, -0.05) is 65.1 Å². The summed E-state index contributed by atoms with van der Waals surface area (Å²) >= 11 is 2.93. The van der Waals surface area contributed by atoms with Crippen LogP contribution in [0.3, 0.4) is 0 Å². The first-order valence-corrected chi connectivity index (χ1v) is 10.2. The molecule has 3 rings (SSSR count). The van der Waals surface area contributed by atoms with Gasteiger partial charge in [-0.3, -0.25) is 4.79 Å². The highest BCUT2D eigenvalue weighted by Crippen LogP contribution is 2.28. The summed E-state index contributed by atoms with van der Waals surface area (Å²) < 4.78 is 0.799. The Balaban J connectivity index is 1.46. The third-order valence-corrected chi connectivity index (χ3v) is 5.86. The van der Waals surface area contributed by atoms with Crippen molar-refractivity contribution in [3.8, 4) is 6.07 Å². The van der Waals surface area contributed by atoms with Crippen LogP contribution in [0, 0.1) is 18.3 Å². The Morgan fingerprint density at radius 2 is 2.00 bits per heavy atom. The number of hydrogen-bond donors (Lipinski definition) is 1. The van der Waals surface area contributed by atoms with E-state index in [4.69, 9.17) is 5.26 Å². The SMILES string of the molecule is Cc1cccc(CCC(=O)Nc2nnc(SCc3ccc(C#N)cc3)s2)c1. The van der Waals surface area contributed by atoms with Crippen molar-refractivity contribution in [2.45, 2.75) is 29.9 Å². The molecule has 1 N–H and O–H groups in total. The third kappa shape index (κ3) is 5.91. The highest BCUT2D eigenvalue weighted by atomic mass is 32.2. The van der Waals surface area contributed by atoms with E-state index < -0.39 is 0 Å². The summed E-state index contributed by atoms with van der Waals surface area (Å²) in [6, 6.07) is 17.7. The summed E-state index contributed by atoms with van der Waals surface area (Å²) in [5.74, 6) is 0.679. The van der Waals surface area contributed by atoms with Crippen LogP contribution >= 0.6 is 23.1 Å². The quantitative estimate of drug-likeness (QED) is 0.469. The van der Waals surface area contributed by atoms with Crippen molar-refractivity contribution in [3.63, 3.8) is 0 Å². The number of anilines is 1. The van der Waals surface area contributed by atoms with Crippen LogP contribution in [0.5, 0.6) is 0 Å². The van der Waals surface area contributed by atoms with Gasteiger partial charge < -0.3 is 5.32 Å². The highest BCUT2D eigenvalue weighted by molar-refractivity contribution is 8.00. The van der Waals surface area contributed by atoms with Gasteiger partial charge in [0.05, 0.1) is 11.6 Å². The molecule has 0 bridgehead atoms. The van der Waals surface area contributed by atoms with Gasteiger partial charge in [-0.25, -0.2) is 0 Å². The molecular weight excluding hydrogens is 376 g/mol. The maximum atomic E-state index is 12.1. The minimum Gasteiger partial charge on any atom is -0.300 e. The van der Waals surface area contributed by atoms with Crippen molar-refractivity contribution >= 4 is 34.1 Å². The van der Waals surface area contributed by atoms with Crippen LogP contribution < -0.4 is 5.32 Å². The number of benzene rings is 2. The van der Waals surface area contributed by atoms with E-state index in [1.807, 2.05) is 37.3 Å². The number of thioether (sulfide) groups is 1. The molecule has 0 radical (unpaired) electrons. The monoisotopic (exact) mass is 394 g/mol. The standard InChI is InChI=1S/C20H18N4OS2/c1-14-3-2-4-15(11-14)9-10-18(25)22-19-23-24-20(27-19)26-13-17-7-5-16(12-21)6-8-17/h2-8,11H,9-10,13H2,1H3,(H,22,23,25). The van der Waals surface area contributed by atoms with Crippen molar-refractivity contribution in [2.75, 3.05) is 5.32 Å². The molecule has 136 valence electrons. The predicted octanol–water partition coefficient (Wildman–Crippen LogP) is 4.58. The Kier molecular flexibility index (Phi) is 6.58. The normalized spacial score (nSPS) is 10.4. The van der Waals surface area contributed by atoms with Crippen molar-refractivity contribution in [1.29, 1.82) is 5.26 Å². The summed E-state index contributed by atoms with van der Waals surface area (Å²) in [7, 11) is 0. The second kappa shape index (κ2) is 9.31. The first-order chi connectivity index (χ1) is 13.1. The van der Waals surface area contributed by atoms with Gasteiger partial charge in [-0.15, -0.1) is 10.2 Å². The fourth-order valence-electron chi connectivity index (χ4n) is 2.45. The second-order valence-electron chi connectivity index (χ2n) is 6.01. The number of nitrogens with zero attached hydrogens (tertiary/aromatic N) is 3. The van der Waals surface area contributed by atoms with Gasteiger partial charge in [0.1, 0.15) is 0 Å². The molecule has 2 aromatic carbocycles. The van der Waals surface area contributed by atoms with Crippen LogP contribution in [0.4, 0.5) is 5.13 Å². The zero-order valence-corrected chi connectivity index (χ0v) is 16.4. The maximum absolute atomic E-state index is 12.1. The van der Waals surface area contributed by atoms with Crippen LogP contribution in [-0.2, 0) is 17.0 Å². The smallest absolute Gasteiger partial charge is 0.226 e. The number of carbonyl (C=O) groups excluding carboxylic acids is 1. The summed E-state index contributed by atoms with van der Waals surface area (Å²) in [6.07, 6.45) is 1.11. The third-order valence-electron chi connectivity index (χ3n) is 3.82. The topological polar surface area (TPSA) is 78.7 Å². The summed E-state index contributed by atoms with van der Waals surface area (Å²) in [5.41, 5.74) is 4.11. The van der Waals surface area contributed by atoms with Crippen LogP contribution in [0.1, 0.15) is 28.7 Å². The van der Waals surface area contributed by atoms with Crippen LogP contribution in [0.25, 0.3) is 0 Å². The molecule has 7 heteroatoms. The van der Waals surface area contributed by atoms with Crippen molar-refractivity contribution in [1.82, 2.24) is 10.2 Å². The molecule has 0 spiro atoms. The predicted molar refractivity (Wildman–Crippen MR) is 109 cm³/mol. The molecule has 0 fully saturated rings. The maximum Gasteiger partial charge on any atom is 0.226 e. The largest absolute Gasteiger partial charge is 0.300 e. The lowest BCUT2D eigenvalue weighted by atomic mass is 10.1. The average molecular weight is 395 g/mol. The molecular formula is C20H18N4OS2. The Labute approximate surface area is 166 Å². The van der Waals surface area contributed by atoms with E-state index >= 15 is 0 Å². The molecule has 1 heterocycles. The van der Waals surface area contributed by atoms with Crippen LogP contribution in [0.2, 0.25) is 0 Å². The first-order valence-electron chi connectivity index (χ1n) is 8.43. The molecule has 1 amide bonds. The number of hydrogen-bond acceptors (Lipinski definition) is 6. The minimum absolute atomic E-state index is 0.0590. The zero-order chi connectivity index (χ0) is 19.1. The minimum atomic E-state index is -0.0590.